The van der Waals surface area contributed by atoms with Crippen molar-refractivity contribution in [2.75, 3.05) is 7.05 Å². The lowest BCUT2D eigenvalue weighted by Gasteiger charge is -2.06. The highest BCUT2D eigenvalue weighted by molar-refractivity contribution is 7.25. The van der Waals surface area contributed by atoms with Gasteiger partial charge in [0, 0.05) is 38.8 Å². The van der Waals surface area contributed by atoms with Gasteiger partial charge < -0.3 is 0 Å². The van der Waals surface area contributed by atoms with E-state index in [0.29, 0.717) is 0 Å². The minimum Gasteiger partial charge on any atom is -0.292 e. The molecule has 3 nitrogen and oxygen atoms in total. The first kappa shape index (κ1) is 14.4. The zero-order valence-electron chi connectivity index (χ0n) is 13.7. The number of thiophene rings is 1. The molecule has 2 aromatic carbocycles. The van der Waals surface area contributed by atoms with Crippen molar-refractivity contribution in [3.63, 3.8) is 0 Å². The number of hydrogen-bond donors (Lipinski definition) is 0. The fraction of sp³-hybridized carbons (Fsp3) is 0.0476. The highest BCUT2D eigenvalue weighted by Crippen LogP contribution is 2.38. The molecule has 25 heavy (non-hydrogen) atoms. The molecule has 3 aromatic heterocycles. The first-order valence-corrected chi connectivity index (χ1v) is 8.93. The maximum Gasteiger partial charge on any atom is 0.131 e. The third-order valence-electron chi connectivity index (χ3n) is 4.66. The number of aliphatic imine (C=N–C) groups is 1. The summed E-state index contributed by atoms with van der Waals surface area (Å²) in [4.78, 5) is 9.05. The molecule has 5 aromatic rings. The average Bonchev–Trinajstić information content (AvgIpc) is 3.17. The number of nitrogens with zero attached hydrogens (tertiary/aromatic N) is 3. The highest BCUT2D eigenvalue weighted by atomic mass is 32.1. The van der Waals surface area contributed by atoms with Gasteiger partial charge in [0.25, 0.3) is 0 Å². The molecule has 120 valence electrons. The van der Waals surface area contributed by atoms with Gasteiger partial charge in [0.2, 0.25) is 0 Å². The summed E-state index contributed by atoms with van der Waals surface area (Å²) in [5, 5.41) is 3.73. The number of hydrogen-bond acceptors (Lipinski definition) is 3. The monoisotopic (exact) mass is 341 g/mol. The molecular weight excluding hydrogens is 326 g/mol. The summed E-state index contributed by atoms with van der Waals surface area (Å²) in [6.07, 6.45) is 3.64. The van der Waals surface area contributed by atoms with Crippen molar-refractivity contribution in [1.82, 2.24) is 9.55 Å². The summed E-state index contributed by atoms with van der Waals surface area (Å²) in [5.41, 5.74) is 3.17. The topological polar surface area (TPSA) is 30.2 Å². The van der Waals surface area contributed by atoms with Crippen LogP contribution in [-0.4, -0.2) is 22.4 Å². The van der Waals surface area contributed by atoms with Gasteiger partial charge in [-0.05, 0) is 36.4 Å². The van der Waals surface area contributed by atoms with Gasteiger partial charge in [-0.1, -0.05) is 24.8 Å². The molecule has 4 heteroatoms. The lowest BCUT2D eigenvalue weighted by Crippen LogP contribution is -2.07. The predicted octanol–water partition coefficient (Wildman–Crippen LogP) is 5.62. The zero-order chi connectivity index (χ0) is 17.0. The Kier molecular flexibility index (Phi) is 3.02. The number of fused-ring (bicyclic) bond motifs is 6. The van der Waals surface area contributed by atoms with Crippen molar-refractivity contribution in [1.29, 1.82) is 0 Å². The first-order valence-electron chi connectivity index (χ1n) is 8.12. The van der Waals surface area contributed by atoms with E-state index in [0.717, 1.165) is 27.8 Å². The van der Waals surface area contributed by atoms with Gasteiger partial charge in [-0.2, -0.15) is 0 Å². The smallest absolute Gasteiger partial charge is 0.131 e. The standard InChI is InChI=1S/C21H15N3S/c1-3-20(22-2)24-16-8-6-10-23-21(16)15-11-14-13-7-4-5-9-18(13)25-19(14)12-17(15)24/h3-12H,1H2,2H3. The Morgan fingerprint density at radius 3 is 2.76 bits per heavy atom. The molecule has 0 bridgehead atoms. The van der Waals surface area contributed by atoms with Crippen LogP contribution in [0.4, 0.5) is 0 Å². The van der Waals surface area contributed by atoms with Crippen LogP contribution in [0, 0.1) is 0 Å². The van der Waals surface area contributed by atoms with E-state index in [9.17, 15) is 0 Å². The van der Waals surface area contributed by atoms with E-state index < -0.39 is 0 Å². The van der Waals surface area contributed by atoms with Crippen LogP contribution in [0.2, 0.25) is 0 Å². The normalized spacial score (nSPS) is 12.6. The van der Waals surface area contributed by atoms with Gasteiger partial charge >= 0.3 is 0 Å². The molecule has 0 atom stereocenters. The number of allylic oxidation sites excluding steroid dienone is 1. The number of aromatic nitrogens is 2. The van der Waals surface area contributed by atoms with Gasteiger partial charge in [0.15, 0.2) is 0 Å². The molecule has 0 amide bonds. The van der Waals surface area contributed by atoms with Crippen LogP contribution in [0.25, 0.3) is 42.1 Å². The number of benzene rings is 2. The molecule has 0 saturated carbocycles. The summed E-state index contributed by atoms with van der Waals surface area (Å²) in [6, 6.07) is 17.1. The Morgan fingerprint density at radius 2 is 1.92 bits per heavy atom. The zero-order valence-corrected chi connectivity index (χ0v) is 14.5. The predicted molar refractivity (Wildman–Crippen MR) is 109 cm³/mol. The SMILES string of the molecule is C=CC(=NC)n1c2cc3sc4ccccc4c3cc2c2ncccc21. The number of pyridine rings is 1. The largest absolute Gasteiger partial charge is 0.292 e. The van der Waals surface area contributed by atoms with Crippen LogP contribution < -0.4 is 0 Å². The van der Waals surface area contributed by atoms with Crippen LogP contribution in [0.15, 0.2) is 72.4 Å². The van der Waals surface area contributed by atoms with E-state index in [1.54, 1.807) is 13.1 Å². The first-order chi connectivity index (χ1) is 12.3. The maximum absolute atomic E-state index is 4.65. The summed E-state index contributed by atoms with van der Waals surface area (Å²) in [5.74, 6) is 0.827. The second-order valence-corrected chi connectivity index (χ2v) is 7.04. The van der Waals surface area contributed by atoms with Crippen molar-refractivity contribution < 1.29 is 0 Å². The molecule has 3 heterocycles. The molecule has 0 fully saturated rings. The van der Waals surface area contributed by atoms with Crippen LogP contribution in [0.1, 0.15) is 0 Å². The van der Waals surface area contributed by atoms with Gasteiger partial charge in [-0.15, -0.1) is 11.3 Å². The third-order valence-corrected chi connectivity index (χ3v) is 5.79. The quantitative estimate of drug-likeness (QED) is 0.287. The molecule has 0 aliphatic carbocycles. The van der Waals surface area contributed by atoms with Gasteiger partial charge in [-0.25, -0.2) is 0 Å². The third kappa shape index (κ3) is 1.91. The Balaban J connectivity index is 2.04. The van der Waals surface area contributed by atoms with Crippen LogP contribution >= 0.6 is 11.3 Å². The fourth-order valence-corrected chi connectivity index (χ4v) is 4.70. The molecule has 0 aliphatic heterocycles. The minimum absolute atomic E-state index is 0.827. The van der Waals surface area contributed by atoms with E-state index in [-0.39, 0.29) is 0 Å². The molecule has 0 saturated heterocycles. The fourth-order valence-electron chi connectivity index (χ4n) is 3.58. The lowest BCUT2D eigenvalue weighted by molar-refractivity contribution is 1.24. The van der Waals surface area contributed by atoms with Gasteiger partial charge in [0.05, 0.1) is 16.6 Å². The van der Waals surface area contributed by atoms with Crippen molar-refractivity contribution in [3.05, 3.63) is 67.4 Å². The van der Waals surface area contributed by atoms with Crippen molar-refractivity contribution in [2.45, 2.75) is 0 Å². The van der Waals surface area contributed by atoms with Crippen molar-refractivity contribution in [2.24, 2.45) is 4.99 Å². The summed E-state index contributed by atoms with van der Waals surface area (Å²) < 4.78 is 4.73. The molecule has 0 radical (unpaired) electrons. The second kappa shape index (κ2) is 5.26. The van der Waals surface area contributed by atoms with E-state index in [2.05, 4.69) is 63.6 Å². The minimum atomic E-state index is 0.827. The Bertz CT molecular complexity index is 1320. The molecular formula is C21H15N3S. The Hall–Kier alpha value is -2.98. The van der Waals surface area contributed by atoms with Crippen molar-refractivity contribution >= 4 is 59.3 Å². The second-order valence-electron chi connectivity index (χ2n) is 5.96. The summed E-state index contributed by atoms with van der Waals surface area (Å²) in [7, 11) is 1.79. The molecule has 5 rings (SSSR count). The summed E-state index contributed by atoms with van der Waals surface area (Å²) >= 11 is 1.82. The Morgan fingerprint density at radius 1 is 1.04 bits per heavy atom. The highest BCUT2D eigenvalue weighted by Gasteiger charge is 2.16. The van der Waals surface area contributed by atoms with Crippen LogP contribution in [0.5, 0.6) is 0 Å². The average molecular weight is 341 g/mol. The van der Waals surface area contributed by atoms with Crippen molar-refractivity contribution in [3.8, 4) is 0 Å². The van der Waals surface area contributed by atoms with E-state index in [1.807, 2.05) is 23.6 Å². The van der Waals surface area contributed by atoms with Crippen LogP contribution in [0.3, 0.4) is 0 Å². The van der Waals surface area contributed by atoms with E-state index in [1.165, 1.54) is 20.2 Å². The summed E-state index contributed by atoms with van der Waals surface area (Å²) in [6.45, 7) is 3.93. The molecule has 0 N–H and O–H groups in total. The van der Waals surface area contributed by atoms with E-state index >= 15 is 0 Å². The van der Waals surface area contributed by atoms with Crippen LogP contribution in [-0.2, 0) is 0 Å². The maximum atomic E-state index is 4.65. The van der Waals surface area contributed by atoms with E-state index in [4.69, 9.17) is 0 Å². The number of rotatable bonds is 1. The van der Waals surface area contributed by atoms with Gasteiger partial charge in [0.1, 0.15) is 5.84 Å². The molecule has 0 unspecified atom stereocenters. The lowest BCUT2D eigenvalue weighted by atomic mass is 10.1. The Labute approximate surface area is 148 Å². The van der Waals surface area contributed by atoms with Gasteiger partial charge in [-0.3, -0.25) is 14.5 Å². The molecule has 0 spiro atoms. The molecule has 0 aliphatic rings.